The predicted octanol–water partition coefficient (Wildman–Crippen LogP) is 3.42. The number of aryl methyl sites for hydroxylation is 1. The number of amides is 1. The van der Waals surface area contributed by atoms with Crippen molar-refractivity contribution >= 4 is 28.2 Å². The molecule has 3 rings (SSSR count). The number of nitrogens with one attached hydrogen (secondary N) is 1. The summed E-state index contributed by atoms with van der Waals surface area (Å²) in [5.41, 5.74) is 0.889. The molecule has 2 heterocycles. The monoisotopic (exact) mass is 343 g/mol. The lowest BCUT2D eigenvalue weighted by atomic mass is 10.1. The van der Waals surface area contributed by atoms with Gasteiger partial charge in [0.2, 0.25) is 0 Å². The molecule has 5 nitrogen and oxygen atoms in total. The molecule has 6 heteroatoms. The molecular formula is C18H17NO4S. The number of hydrogen-bond acceptors (Lipinski definition) is 5. The normalized spacial score (nSPS) is 12.1. The summed E-state index contributed by atoms with van der Waals surface area (Å²) in [4.78, 5) is 24.5. The third-order valence-corrected chi connectivity index (χ3v) is 4.70. The van der Waals surface area contributed by atoms with Crippen LogP contribution in [0.1, 0.15) is 23.4 Å². The van der Waals surface area contributed by atoms with Crippen LogP contribution in [0.3, 0.4) is 0 Å². The van der Waals surface area contributed by atoms with E-state index < -0.39 is 5.63 Å². The van der Waals surface area contributed by atoms with Crippen LogP contribution < -0.4 is 15.7 Å². The second-order valence-electron chi connectivity index (χ2n) is 5.50. The molecule has 0 spiro atoms. The van der Waals surface area contributed by atoms with Gasteiger partial charge in [-0.2, -0.15) is 0 Å². The highest BCUT2D eigenvalue weighted by atomic mass is 32.1. The van der Waals surface area contributed by atoms with Gasteiger partial charge in [-0.15, -0.1) is 11.3 Å². The zero-order valence-electron chi connectivity index (χ0n) is 13.4. The second kappa shape index (κ2) is 6.88. The highest BCUT2D eigenvalue weighted by Crippen LogP contribution is 2.22. The Morgan fingerprint density at radius 1 is 1.33 bits per heavy atom. The number of carbonyl (C=O) groups is 1. The summed E-state index contributed by atoms with van der Waals surface area (Å²) in [6, 6.07) is 10.5. The van der Waals surface area contributed by atoms with E-state index in [4.69, 9.17) is 9.15 Å². The molecule has 124 valence electrons. The minimum atomic E-state index is -0.403. The van der Waals surface area contributed by atoms with Crippen molar-refractivity contribution in [1.82, 2.24) is 5.32 Å². The Balaban J connectivity index is 1.65. The Kier molecular flexibility index (Phi) is 4.66. The number of benzene rings is 1. The summed E-state index contributed by atoms with van der Waals surface area (Å²) in [6.07, 6.45) is 0. The van der Waals surface area contributed by atoms with E-state index in [-0.39, 0.29) is 18.6 Å². The van der Waals surface area contributed by atoms with Gasteiger partial charge in [0.25, 0.3) is 5.91 Å². The molecule has 0 aliphatic heterocycles. The predicted molar refractivity (Wildman–Crippen MR) is 93.6 cm³/mol. The molecule has 24 heavy (non-hydrogen) atoms. The minimum Gasteiger partial charge on any atom is -0.484 e. The molecule has 0 radical (unpaired) electrons. The number of fused-ring (bicyclic) bond motifs is 1. The Labute approximate surface area is 142 Å². The molecular weight excluding hydrogens is 326 g/mol. The van der Waals surface area contributed by atoms with Crippen LogP contribution in [-0.2, 0) is 4.79 Å². The summed E-state index contributed by atoms with van der Waals surface area (Å²) in [5, 5.41) is 5.70. The second-order valence-corrected chi connectivity index (χ2v) is 6.48. The molecule has 0 saturated carbocycles. The van der Waals surface area contributed by atoms with Crippen molar-refractivity contribution in [2.75, 3.05) is 6.61 Å². The molecule has 3 aromatic rings. The van der Waals surface area contributed by atoms with Crippen LogP contribution in [-0.4, -0.2) is 12.5 Å². The van der Waals surface area contributed by atoms with Crippen LogP contribution in [0.5, 0.6) is 5.75 Å². The Hall–Kier alpha value is -2.60. The fraction of sp³-hybridized carbons (Fsp3) is 0.222. The number of thiophene rings is 1. The average molecular weight is 343 g/mol. The van der Waals surface area contributed by atoms with Crippen molar-refractivity contribution in [3.63, 3.8) is 0 Å². The van der Waals surface area contributed by atoms with E-state index in [2.05, 4.69) is 5.32 Å². The van der Waals surface area contributed by atoms with Crippen molar-refractivity contribution in [3.05, 3.63) is 62.6 Å². The zero-order valence-corrected chi connectivity index (χ0v) is 14.2. The molecule has 0 unspecified atom stereocenters. The van der Waals surface area contributed by atoms with Gasteiger partial charge in [0, 0.05) is 22.4 Å². The van der Waals surface area contributed by atoms with Crippen molar-refractivity contribution in [1.29, 1.82) is 0 Å². The first-order chi connectivity index (χ1) is 11.5. The molecule has 0 bridgehead atoms. The molecule has 0 saturated heterocycles. The lowest BCUT2D eigenvalue weighted by molar-refractivity contribution is -0.123. The first-order valence-corrected chi connectivity index (χ1v) is 8.41. The molecule has 0 fully saturated rings. The fourth-order valence-electron chi connectivity index (χ4n) is 2.44. The van der Waals surface area contributed by atoms with Gasteiger partial charge in [-0.25, -0.2) is 4.79 Å². The maximum atomic E-state index is 12.0. The van der Waals surface area contributed by atoms with Gasteiger partial charge in [-0.1, -0.05) is 6.07 Å². The molecule has 2 aromatic heterocycles. The zero-order chi connectivity index (χ0) is 17.1. The van der Waals surface area contributed by atoms with Gasteiger partial charge >= 0.3 is 5.63 Å². The number of rotatable bonds is 5. The van der Waals surface area contributed by atoms with Crippen LogP contribution >= 0.6 is 11.3 Å². The van der Waals surface area contributed by atoms with E-state index in [1.807, 2.05) is 37.4 Å². The molecule has 1 atom stereocenters. The third-order valence-electron chi connectivity index (χ3n) is 3.64. The van der Waals surface area contributed by atoms with Crippen molar-refractivity contribution in [2.24, 2.45) is 0 Å². The largest absolute Gasteiger partial charge is 0.484 e. The standard InChI is InChI=1S/C18H17NO4S/c1-11-8-18(21)23-15-9-13(5-6-14(11)15)22-10-17(20)19-12(2)16-4-3-7-24-16/h3-9,12H,10H2,1-2H3,(H,19,20)/t12-/m1/s1. The van der Waals surface area contributed by atoms with E-state index >= 15 is 0 Å². The topological polar surface area (TPSA) is 68.5 Å². The quantitative estimate of drug-likeness (QED) is 0.721. The van der Waals surface area contributed by atoms with Gasteiger partial charge in [0.1, 0.15) is 11.3 Å². The van der Waals surface area contributed by atoms with Crippen LogP contribution in [0, 0.1) is 6.92 Å². The smallest absolute Gasteiger partial charge is 0.336 e. The van der Waals surface area contributed by atoms with E-state index in [1.54, 1.807) is 23.5 Å². The van der Waals surface area contributed by atoms with Crippen LogP contribution in [0.4, 0.5) is 0 Å². The fourth-order valence-corrected chi connectivity index (χ4v) is 3.17. The van der Waals surface area contributed by atoms with E-state index in [1.165, 1.54) is 6.07 Å². The SMILES string of the molecule is Cc1cc(=O)oc2cc(OCC(=O)N[C@H](C)c3cccs3)ccc12. The van der Waals surface area contributed by atoms with Gasteiger partial charge < -0.3 is 14.5 Å². The summed E-state index contributed by atoms with van der Waals surface area (Å²) >= 11 is 1.59. The van der Waals surface area contributed by atoms with E-state index in [9.17, 15) is 9.59 Å². The first-order valence-electron chi connectivity index (χ1n) is 7.53. The van der Waals surface area contributed by atoms with Gasteiger partial charge in [0.05, 0.1) is 6.04 Å². The van der Waals surface area contributed by atoms with Crippen molar-refractivity contribution < 1.29 is 13.9 Å². The molecule has 1 aromatic carbocycles. The summed E-state index contributed by atoms with van der Waals surface area (Å²) < 4.78 is 10.7. The summed E-state index contributed by atoms with van der Waals surface area (Å²) in [6.45, 7) is 3.67. The Bertz CT molecular complexity index is 914. The van der Waals surface area contributed by atoms with Crippen LogP contribution in [0.25, 0.3) is 11.0 Å². The van der Waals surface area contributed by atoms with E-state index in [0.29, 0.717) is 11.3 Å². The highest BCUT2D eigenvalue weighted by molar-refractivity contribution is 7.10. The van der Waals surface area contributed by atoms with Crippen LogP contribution in [0.2, 0.25) is 0 Å². The number of carbonyl (C=O) groups excluding carboxylic acids is 1. The summed E-state index contributed by atoms with van der Waals surface area (Å²) in [7, 11) is 0. The van der Waals surface area contributed by atoms with Gasteiger partial charge in [0.15, 0.2) is 6.61 Å². The lowest BCUT2D eigenvalue weighted by Gasteiger charge is -2.13. The lowest BCUT2D eigenvalue weighted by Crippen LogP contribution is -2.30. The first kappa shape index (κ1) is 16.3. The minimum absolute atomic E-state index is 0.0571. The number of hydrogen-bond donors (Lipinski definition) is 1. The van der Waals surface area contributed by atoms with E-state index in [0.717, 1.165) is 15.8 Å². The Morgan fingerprint density at radius 3 is 2.92 bits per heavy atom. The molecule has 1 N–H and O–H groups in total. The third kappa shape index (κ3) is 3.65. The average Bonchev–Trinajstić information content (AvgIpc) is 3.07. The molecule has 0 aliphatic rings. The van der Waals surface area contributed by atoms with Gasteiger partial charge in [-0.3, -0.25) is 4.79 Å². The Morgan fingerprint density at radius 2 is 2.17 bits per heavy atom. The molecule has 1 amide bonds. The molecule has 0 aliphatic carbocycles. The van der Waals surface area contributed by atoms with Crippen molar-refractivity contribution in [2.45, 2.75) is 19.9 Å². The van der Waals surface area contributed by atoms with Crippen LogP contribution in [0.15, 0.2) is 51.0 Å². The van der Waals surface area contributed by atoms with Crippen molar-refractivity contribution in [3.8, 4) is 5.75 Å². The maximum absolute atomic E-state index is 12.0. The maximum Gasteiger partial charge on any atom is 0.336 e. The van der Waals surface area contributed by atoms with Gasteiger partial charge in [-0.05, 0) is 43.0 Å². The summed E-state index contributed by atoms with van der Waals surface area (Å²) in [5.74, 6) is 0.275. The highest BCUT2D eigenvalue weighted by Gasteiger charge is 2.11. The number of ether oxygens (including phenoxy) is 1.